The molecule has 0 saturated carbocycles. The molecule has 0 aliphatic carbocycles. The van der Waals surface area contributed by atoms with E-state index in [0.29, 0.717) is 18.6 Å². The first kappa shape index (κ1) is 16.6. The zero-order valence-corrected chi connectivity index (χ0v) is 12.8. The summed E-state index contributed by atoms with van der Waals surface area (Å²) in [5, 5.41) is 4.14. The molecule has 0 aromatic rings. The summed E-state index contributed by atoms with van der Waals surface area (Å²) in [6, 6.07) is 0.542. The highest BCUT2D eigenvalue weighted by Gasteiger charge is 2.18. The van der Waals surface area contributed by atoms with Crippen LogP contribution < -0.4 is 5.32 Å². The van der Waals surface area contributed by atoms with Crippen LogP contribution in [0.3, 0.4) is 0 Å². The van der Waals surface area contributed by atoms with Crippen LogP contribution in [0.5, 0.6) is 0 Å². The van der Waals surface area contributed by atoms with Crippen molar-refractivity contribution >= 4 is 17.3 Å². The molecular formula is C13H28N2OS. The quantitative estimate of drug-likeness (QED) is 0.536. The van der Waals surface area contributed by atoms with Crippen LogP contribution in [0.4, 0.5) is 0 Å². The lowest BCUT2D eigenvalue weighted by atomic mass is 10.1. The molecule has 0 aliphatic rings. The molecule has 4 heteroatoms. The molecule has 0 aromatic heterocycles. The van der Waals surface area contributed by atoms with E-state index in [9.17, 15) is 0 Å². The average Bonchev–Trinajstić information content (AvgIpc) is 2.29. The molecule has 0 unspecified atom stereocenters. The zero-order valence-electron chi connectivity index (χ0n) is 12.0. The van der Waals surface area contributed by atoms with Crippen LogP contribution in [0.2, 0.25) is 0 Å². The number of hydrogen-bond acceptors (Lipinski definition) is 2. The van der Waals surface area contributed by atoms with Gasteiger partial charge in [0.25, 0.3) is 0 Å². The van der Waals surface area contributed by atoms with E-state index in [2.05, 4.69) is 37.9 Å². The van der Waals surface area contributed by atoms with Gasteiger partial charge in [0.2, 0.25) is 0 Å². The fourth-order valence-electron chi connectivity index (χ4n) is 1.88. The van der Waals surface area contributed by atoms with Gasteiger partial charge in [-0.2, -0.15) is 0 Å². The van der Waals surface area contributed by atoms with Gasteiger partial charge in [-0.3, -0.25) is 0 Å². The van der Waals surface area contributed by atoms with Crippen LogP contribution >= 0.6 is 12.2 Å². The van der Waals surface area contributed by atoms with Crippen molar-refractivity contribution in [2.75, 3.05) is 26.8 Å². The highest BCUT2D eigenvalue weighted by molar-refractivity contribution is 7.80. The Bertz CT molecular complexity index is 206. The minimum atomic E-state index is 0.542. The van der Waals surface area contributed by atoms with E-state index in [-0.39, 0.29) is 0 Å². The third-order valence-electron chi connectivity index (χ3n) is 2.79. The third-order valence-corrected chi connectivity index (χ3v) is 3.17. The van der Waals surface area contributed by atoms with Crippen LogP contribution in [-0.4, -0.2) is 42.9 Å². The highest BCUT2D eigenvalue weighted by atomic mass is 32.1. The molecule has 0 amide bonds. The van der Waals surface area contributed by atoms with E-state index in [1.807, 2.05) is 0 Å². The van der Waals surface area contributed by atoms with Crippen LogP contribution in [0.1, 0.15) is 40.5 Å². The van der Waals surface area contributed by atoms with E-state index in [0.717, 1.165) is 31.0 Å². The van der Waals surface area contributed by atoms with E-state index < -0.39 is 0 Å². The summed E-state index contributed by atoms with van der Waals surface area (Å²) in [7, 11) is 1.71. The van der Waals surface area contributed by atoms with Crippen molar-refractivity contribution in [1.82, 2.24) is 10.2 Å². The number of hydrogen-bond donors (Lipinski definition) is 1. The first-order valence-electron chi connectivity index (χ1n) is 6.60. The molecule has 0 spiro atoms. The lowest BCUT2D eigenvalue weighted by Gasteiger charge is -2.34. The van der Waals surface area contributed by atoms with Gasteiger partial charge in [0.1, 0.15) is 0 Å². The Kier molecular flexibility index (Phi) is 9.46. The summed E-state index contributed by atoms with van der Waals surface area (Å²) >= 11 is 5.48. The number of thiocarbonyl (C=S) groups is 1. The summed E-state index contributed by atoms with van der Waals surface area (Å²) in [5.41, 5.74) is 0. The molecular weight excluding hydrogens is 232 g/mol. The monoisotopic (exact) mass is 260 g/mol. The predicted octanol–water partition coefficient (Wildman–Crippen LogP) is 2.65. The minimum absolute atomic E-state index is 0.542. The molecule has 1 N–H and O–H groups in total. The molecule has 17 heavy (non-hydrogen) atoms. The smallest absolute Gasteiger partial charge is 0.169 e. The number of methoxy groups -OCH3 is 1. The SMILES string of the molecule is CCC(CC)N(CC(C)C)C(=S)NCCOC. The number of rotatable bonds is 8. The van der Waals surface area contributed by atoms with Crippen LogP contribution in [0, 0.1) is 5.92 Å². The lowest BCUT2D eigenvalue weighted by molar-refractivity contribution is 0.200. The normalized spacial score (nSPS) is 11.0. The maximum absolute atomic E-state index is 5.48. The third kappa shape index (κ3) is 6.84. The van der Waals surface area contributed by atoms with Gasteiger partial charge >= 0.3 is 0 Å². The summed E-state index contributed by atoms with van der Waals surface area (Å²) in [5.74, 6) is 0.623. The number of ether oxygens (including phenoxy) is 1. The van der Waals surface area contributed by atoms with Crippen LogP contribution in [0.15, 0.2) is 0 Å². The zero-order chi connectivity index (χ0) is 13.3. The van der Waals surface area contributed by atoms with Crippen LogP contribution in [0.25, 0.3) is 0 Å². The Hall–Kier alpha value is -0.350. The first-order chi connectivity index (χ1) is 8.06. The second-order valence-electron chi connectivity index (χ2n) is 4.74. The molecule has 0 fully saturated rings. The summed E-state index contributed by atoms with van der Waals surface area (Å²) in [6.45, 7) is 11.4. The van der Waals surface area contributed by atoms with Gasteiger partial charge in [-0.25, -0.2) is 0 Å². The molecule has 0 rings (SSSR count). The molecule has 0 radical (unpaired) electrons. The van der Waals surface area contributed by atoms with Crippen molar-refractivity contribution in [3.8, 4) is 0 Å². The van der Waals surface area contributed by atoms with Gasteiger partial charge in [0.15, 0.2) is 5.11 Å². The molecule has 0 saturated heterocycles. The Balaban J connectivity index is 4.38. The Morgan fingerprint density at radius 2 is 1.88 bits per heavy atom. The Morgan fingerprint density at radius 3 is 2.29 bits per heavy atom. The van der Waals surface area contributed by atoms with Gasteiger partial charge in [-0.05, 0) is 31.0 Å². The lowest BCUT2D eigenvalue weighted by Crippen LogP contribution is -2.48. The fourth-order valence-corrected chi connectivity index (χ4v) is 2.21. The largest absolute Gasteiger partial charge is 0.383 e. The predicted molar refractivity (Wildman–Crippen MR) is 78.4 cm³/mol. The Labute approximate surface area is 112 Å². The van der Waals surface area contributed by atoms with E-state index in [1.165, 1.54) is 0 Å². The molecule has 0 heterocycles. The van der Waals surface area contributed by atoms with E-state index >= 15 is 0 Å². The summed E-state index contributed by atoms with van der Waals surface area (Å²) in [4.78, 5) is 2.33. The van der Waals surface area contributed by atoms with E-state index in [4.69, 9.17) is 17.0 Å². The minimum Gasteiger partial charge on any atom is -0.383 e. The fraction of sp³-hybridized carbons (Fsp3) is 0.923. The molecule has 0 atom stereocenters. The van der Waals surface area contributed by atoms with Gasteiger partial charge in [-0.15, -0.1) is 0 Å². The van der Waals surface area contributed by atoms with Crippen molar-refractivity contribution in [3.63, 3.8) is 0 Å². The average molecular weight is 260 g/mol. The Morgan fingerprint density at radius 1 is 1.29 bits per heavy atom. The van der Waals surface area contributed by atoms with Crippen molar-refractivity contribution in [3.05, 3.63) is 0 Å². The summed E-state index contributed by atoms with van der Waals surface area (Å²) in [6.07, 6.45) is 2.27. The first-order valence-corrected chi connectivity index (χ1v) is 7.00. The number of nitrogens with zero attached hydrogens (tertiary/aromatic N) is 1. The molecule has 0 bridgehead atoms. The molecule has 102 valence electrons. The van der Waals surface area contributed by atoms with E-state index in [1.54, 1.807) is 7.11 Å². The van der Waals surface area contributed by atoms with Gasteiger partial charge < -0.3 is 15.0 Å². The molecule has 3 nitrogen and oxygen atoms in total. The van der Waals surface area contributed by atoms with Gasteiger partial charge in [-0.1, -0.05) is 27.7 Å². The van der Waals surface area contributed by atoms with Gasteiger partial charge in [0, 0.05) is 26.2 Å². The highest BCUT2D eigenvalue weighted by Crippen LogP contribution is 2.11. The second kappa shape index (κ2) is 9.66. The van der Waals surface area contributed by atoms with Gasteiger partial charge in [0.05, 0.1) is 6.61 Å². The maximum Gasteiger partial charge on any atom is 0.169 e. The molecule has 0 aliphatic heterocycles. The van der Waals surface area contributed by atoms with Crippen molar-refractivity contribution < 1.29 is 4.74 Å². The van der Waals surface area contributed by atoms with Crippen LogP contribution in [-0.2, 0) is 4.74 Å². The van der Waals surface area contributed by atoms with Crippen molar-refractivity contribution in [2.24, 2.45) is 5.92 Å². The maximum atomic E-state index is 5.48. The topological polar surface area (TPSA) is 24.5 Å². The second-order valence-corrected chi connectivity index (χ2v) is 5.13. The van der Waals surface area contributed by atoms with Crippen molar-refractivity contribution in [2.45, 2.75) is 46.6 Å². The van der Waals surface area contributed by atoms with Crippen molar-refractivity contribution in [1.29, 1.82) is 0 Å². The standard InChI is InChI=1S/C13H28N2OS/c1-6-12(7-2)15(10-11(3)4)13(17)14-8-9-16-5/h11-12H,6-10H2,1-5H3,(H,14,17). The number of nitrogens with one attached hydrogen (secondary N) is 1. The summed E-state index contributed by atoms with van der Waals surface area (Å²) < 4.78 is 5.03. The molecule has 0 aromatic carbocycles.